The minimum atomic E-state index is -0.474. The summed E-state index contributed by atoms with van der Waals surface area (Å²) in [6.45, 7) is 2.07. The van der Waals surface area contributed by atoms with Gasteiger partial charge in [0.25, 0.3) is 0 Å². The highest BCUT2D eigenvalue weighted by molar-refractivity contribution is 9.10. The van der Waals surface area contributed by atoms with Gasteiger partial charge in [0.05, 0.1) is 17.6 Å². The maximum atomic E-state index is 12.3. The van der Waals surface area contributed by atoms with E-state index in [0.717, 1.165) is 26.6 Å². The molecule has 0 spiro atoms. The highest BCUT2D eigenvalue weighted by atomic mass is 79.9. The van der Waals surface area contributed by atoms with E-state index in [4.69, 9.17) is 9.47 Å². The van der Waals surface area contributed by atoms with Crippen LogP contribution in [0.4, 0.5) is 0 Å². The van der Waals surface area contributed by atoms with Crippen LogP contribution >= 0.6 is 15.9 Å². The molecule has 1 aromatic heterocycles. The van der Waals surface area contributed by atoms with Gasteiger partial charge >= 0.3 is 5.97 Å². The van der Waals surface area contributed by atoms with Gasteiger partial charge in [0.15, 0.2) is 5.75 Å². The van der Waals surface area contributed by atoms with Crippen LogP contribution in [0.3, 0.4) is 0 Å². The van der Waals surface area contributed by atoms with Crippen molar-refractivity contribution in [2.75, 3.05) is 6.61 Å². The summed E-state index contributed by atoms with van der Waals surface area (Å²) in [5.74, 6) is -0.0672. The average molecular weight is 437 g/mol. The van der Waals surface area contributed by atoms with Crippen molar-refractivity contribution in [2.45, 2.75) is 13.5 Å². The molecule has 3 aromatic carbocycles. The van der Waals surface area contributed by atoms with Crippen LogP contribution in [0.15, 0.2) is 65.1 Å². The molecule has 0 bridgehead atoms. The molecule has 0 atom stereocenters. The van der Waals surface area contributed by atoms with Crippen LogP contribution in [0.5, 0.6) is 5.75 Å². The first kappa shape index (κ1) is 18.5. The number of halogens is 1. The van der Waals surface area contributed by atoms with Crippen molar-refractivity contribution < 1.29 is 14.3 Å². The number of ether oxygens (including phenoxy) is 2. The summed E-state index contributed by atoms with van der Waals surface area (Å²) in [5.41, 5.74) is 4.51. The second-order valence-corrected chi connectivity index (χ2v) is 7.22. The molecule has 0 radical (unpaired) electrons. The van der Waals surface area contributed by atoms with Gasteiger partial charge in [-0.05, 0) is 52.2 Å². The van der Waals surface area contributed by atoms with Crippen molar-refractivity contribution in [1.82, 2.24) is 9.97 Å². The number of rotatable bonds is 5. The molecular weight excluding hydrogens is 420 g/mol. The monoisotopic (exact) mass is 436 g/mol. The first-order chi connectivity index (χ1) is 13.6. The summed E-state index contributed by atoms with van der Waals surface area (Å²) < 4.78 is 11.9. The van der Waals surface area contributed by atoms with Gasteiger partial charge in [-0.15, -0.1) is 0 Å². The molecule has 6 heteroatoms. The fourth-order valence-electron chi connectivity index (χ4n) is 2.93. The van der Waals surface area contributed by atoms with Gasteiger partial charge in [-0.1, -0.05) is 42.5 Å². The minimum Gasteiger partial charge on any atom is -0.422 e. The van der Waals surface area contributed by atoms with E-state index in [1.54, 1.807) is 0 Å². The molecule has 140 valence electrons. The van der Waals surface area contributed by atoms with Crippen LogP contribution in [0.1, 0.15) is 11.1 Å². The lowest BCUT2D eigenvalue weighted by atomic mass is 10.1. The van der Waals surface area contributed by atoms with Crippen molar-refractivity contribution in [2.24, 2.45) is 0 Å². The molecule has 4 rings (SSSR count). The zero-order chi connectivity index (χ0) is 19.5. The Morgan fingerprint density at radius 1 is 0.964 bits per heavy atom. The molecular formula is C22H17BrN2O3. The fraction of sp³-hybridized carbons (Fsp3) is 0.136. The van der Waals surface area contributed by atoms with Gasteiger partial charge in [0.1, 0.15) is 17.6 Å². The smallest absolute Gasteiger partial charge is 0.337 e. The number of nitrogens with zero attached hydrogens (tertiary/aromatic N) is 2. The summed E-state index contributed by atoms with van der Waals surface area (Å²) >= 11 is 3.53. The molecule has 0 aliphatic heterocycles. The number of esters is 1. The Labute approximate surface area is 170 Å². The topological polar surface area (TPSA) is 61.3 Å². The van der Waals surface area contributed by atoms with Crippen LogP contribution in [-0.4, -0.2) is 22.5 Å². The number of aromatic nitrogens is 2. The minimum absolute atomic E-state index is 0.146. The summed E-state index contributed by atoms with van der Waals surface area (Å²) in [5, 5.41) is 0. The van der Waals surface area contributed by atoms with Crippen LogP contribution < -0.4 is 4.74 Å². The second kappa shape index (κ2) is 8.04. The van der Waals surface area contributed by atoms with E-state index >= 15 is 0 Å². The Hall–Kier alpha value is -2.83. The Kier molecular flexibility index (Phi) is 5.32. The largest absolute Gasteiger partial charge is 0.422 e. The number of benzene rings is 3. The molecule has 1 heterocycles. The van der Waals surface area contributed by atoms with Gasteiger partial charge in [0, 0.05) is 4.47 Å². The van der Waals surface area contributed by atoms with Gasteiger partial charge in [-0.3, -0.25) is 0 Å². The van der Waals surface area contributed by atoms with E-state index in [2.05, 4.69) is 25.9 Å². The standard InChI is InChI=1S/C22H17BrN2O3/c1-14-11-16(23)20-21(25-18-10-6-5-9-17(18)24-20)22(14)28-19(26)13-27-12-15-7-3-2-4-8-15/h2-11H,12-13H2,1H3. The quantitative estimate of drug-likeness (QED) is 0.251. The molecule has 0 saturated heterocycles. The van der Waals surface area contributed by atoms with E-state index in [1.165, 1.54) is 0 Å². The molecule has 0 saturated carbocycles. The van der Waals surface area contributed by atoms with E-state index in [9.17, 15) is 4.79 Å². The number of hydrogen-bond acceptors (Lipinski definition) is 5. The molecule has 0 aliphatic rings. The molecule has 0 N–H and O–H groups in total. The van der Waals surface area contributed by atoms with Crippen molar-refractivity contribution in [1.29, 1.82) is 0 Å². The third-order valence-electron chi connectivity index (χ3n) is 4.26. The predicted octanol–water partition coefficient (Wildman–Crippen LogP) is 4.98. The molecule has 0 unspecified atom stereocenters. The summed E-state index contributed by atoms with van der Waals surface area (Å²) in [7, 11) is 0. The molecule has 5 nitrogen and oxygen atoms in total. The molecule has 0 aliphatic carbocycles. The lowest BCUT2D eigenvalue weighted by Crippen LogP contribution is -2.16. The average Bonchev–Trinajstić information content (AvgIpc) is 2.71. The lowest BCUT2D eigenvalue weighted by molar-refractivity contribution is -0.139. The second-order valence-electron chi connectivity index (χ2n) is 6.37. The van der Waals surface area contributed by atoms with E-state index in [-0.39, 0.29) is 6.61 Å². The maximum absolute atomic E-state index is 12.3. The SMILES string of the molecule is Cc1cc(Br)c2nc3ccccc3nc2c1OC(=O)COCc1ccccc1. The molecule has 4 aromatic rings. The third-order valence-corrected chi connectivity index (χ3v) is 4.87. The van der Waals surface area contributed by atoms with Crippen LogP contribution in [0.25, 0.3) is 22.1 Å². The van der Waals surface area contributed by atoms with Crippen molar-refractivity contribution in [3.05, 3.63) is 76.3 Å². The highest BCUT2D eigenvalue weighted by Gasteiger charge is 2.17. The zero-order valence-corrected chi connectivity index (χ0v) is 16.8. The predicted molar refractivity (Wildman–Crippen MR) is 111 cm³/mol. The first-order valence-corrected chi connectivity index (χ1v) is 9.59. The third kappa shape index (κ3) is 3.88. The summed E-state index contributed by atoms with van der Waals surface area (Å²) in [4.78, 5) is 21.7. The van der Waals surface area contributed by atoms with Crippen LogP contribution in [-0.2, 0) is 16.1 Å². The van der Waals surface area contributed by atoms with Gasteiger partial charge in [-0.2, -0.15) is 0 Å². The van der Waals surface area contributed by atoms with Gasteiger partial charge in [-0.25, -0.2) is 14.8 Å². The zero-order valence-electron chi connectivity index (χ0n) is 15.2. The normalized spacial score (nSPS) is 11.1. The van der Waals surface area contributed by atoms with E-state index in [1.807, 2.05) is 67.6 Å². The number of carbonyl (C=O) groups excluding carboxylic acids is 1. The Balaban J connectivity index is 1.58. The maximum Gasteiger partial charge on any atom is 0.337 e. The van der Waals surface area contributed by atoms with Crippen molar-refractivity contribution in [3.8, 4) is 5.75 Å². The Morgan fingerprint density at radius 3 is 2.32 bits per heavy atom. The number of fused-ring (bicyclic) bond motifs is 2. The van der Waals surface area contributed by atoms with Crippen LogP contribution in [0.2, 0.25) is 0 Å². The number of para-hydroxylation sites is 2. The molecule has 28 heavy (non-hydrogen) atoms. The van der Waals surface area contributed by atoms with Crippen molar-refractivity contribution in [3.63, 3.8) is 0 Å². The van der Waals surface area contributed by atoms with E-state index in [0.29, 0.717) is 23.4 Å². The van der Waals surface area contributed by atoms with E-state index < -0.39 is 5.97 Å². The number of hydrogen-bond donors (Lipinski definition) is 0. The fourth-order valence-corrected chi connectivity index (χ4v) is 3.55. The molecule has 0 amide bonds. The van der Waals surface area contributed by atoms with Crippen LogP contribution in [0, 0.1) is 6.92 Å². The summed E-state index contributed by atoms with van der Waals surface area (Å²) in [6, 6.07) is 19.1. The van der Waals surface area contributed by atoms with Crippen molar-refractivity contribution >= 4 is 44.0 Å². The number of carbonyl (C=O) groups is 1. The lowest BCUT2D eigenvalue weighted by Gasteiger charge is -2.12. The Morgan fingerprint density at radius 2 is 1.61 bits per heavy atom. The number of aryl methyl sites for hydroxylation is 1. The summed E-state index contributed by atoms with van der Waals surface area (Å²) in [6.07, 6.45) is 0. The Bertz CT molecular complexity index is 1160. The highest BCUT2D eigenvalue weighted by Crippen LogP contribution is 2.34. The van der Waals surface area contributed by atoms with Gasteiger partial charge < -0.3 is 9.47 Å². The molecule has 0 fully saturated rings. The van der Waals surface area contributed by atoms with Gasteiger partial charge in [0.2, 0.25) is 0 Å². The first-order valence-electron chi connectivity index (χ1n) is 8.80.